The van der Waals surface area contributed by atoms with E-state index in [0.717, 1.165) is 55.5 Å². The second-order valence-corrected chi connectivity index (χ2v) is 5.65. The van der Waals surface area contributed by atoms with Crippen LogP contribution < -0.4 is 10.1 Å². The highest BCUT2D eigenvalue weighted by Crippen LogP contribution is 2.27. The average molecular weight is 313 g/mol. The van der Waals surface area contributed by atoms with Gasteiger partial charge in [0.1, 0.15) is 5.75 Å². The second kappa shape index (κ2) is 7.44. The smallest absolute Gasteiger partial charge is 0.119 e. The maximum atomic E-state index is 5.30. The van der Waals surface area contributed by atoms with E-state index in [1.165, 1.54) is 5.56 Å². The number of pyridine rings is 1. The van der Waals surface area contributed by atoms with Crippen molar-refractivity contribution in [2.75, 3.05) is 45.8 Å². The standard InChI is InChI=1S/C18H23N3O2/c1-22-9-8-21-7-6-19-18-11-17(20-12-15(18)13-21)14-4-3-5-16(10-14)23-2/h3-5,10-12,19H,6-9,13H2,1-2H3. The van der Waals surface area contributed by atoms with E-state index in [0.29, 0.717) is 0 Å². The fourth-order valence-corrected chi connectivity index (χ4v) is 2.79. The van der Waals surface area contributed by atoms with Gasteiger partial charge in [0, 0.05) is 56.3 Å². The molecule has 122 valence electrons. The van der Waals surface area contributed by atoms with Gasteiger partial charge in [-0.25, -0.2) is 0 Å². The maximum Gasteiger partial charge on any atom is 0.119 e. The van der Waals surface area contributed by atoms with E-state index in [2.05, 4.69) is 27.3 Å². The van der Waals surface area contributed by atoms with Gasteiger partial charge in [-0.15, -0.1) is 0 Å². The van der Waals surface area contributed by atoms with Gasteiger partial charge in [-0.3, -0.25) is 9.88 Å². The summed E-state index contributed by atoms with van der Waals surface area (Å²) in [7, 11) is 3.42. The number of rotatable bonds is 5. The zero-order chi connectivity index (χ0) is 16.1. The van der Waals surface area contributed by atoms with Crippen molar-refractivity contribution in [3.63, 3.8) is 0 Å². The minimum atomic E-state index is 0.755. The van der Waals surface area contributed by atoms with E-state index in [-0.39, 0.29) is 0 Å². The molecule has 0 fully saturated rings. The van der Waals surface area contributed by atoms with Crippen molar-refractivity contribution in [3.05, 3.63) is 42.1 Å². The molecule has 0 spiro atoms. The van der Waals surface area contributed by atoms with Gasteiger partial charge in [0.25, 0.3) is 0 Å². The topological polar surface area (TPSA) is 46.6 Å². The molecule has 5 nitrogen and oxygen atoms in total. The van der Waals surface area contributed by atoms with Crippen LogP contribution >= 0.6 is 0 Å². The number of nitrogens with one attached hydrogen (secondary N) is 1. The van der Waals surface area contributed by atoms with Gasteiger partial charge in [-0.1, -0.05) is 12.1 Å². The number of aromatic nitrogens is 1. The number of anilines is 1. The Hall–Kier alpha value is -2.11. The summed E-state index contributed by atoms with van der Waals surface area (Å²) in [6, 6.07) is 10.1. The lowest BCUT2D eigenvalue weighted by Gasteiger charge is -2.18. The van der Waals surface area contributed by atoms with E-state index in [1.807, 2.05) is 24.4 Å². The van der Waals surface area contributed by atoms with Crippen LogP contribution in [0.15, 0.2) is 36.5 Å². The van der Waals surface area contributed by atoms with Crippen molar-refractivity contribution in [2.45, 2.75) is 6.54 Å². The highest BCUT2D eigenvalue weighted by molar-refractivity contribution is 5.67. The van der Waals surface area contributed by atoms with Crippen LogP contribution in [0, 0.1) is 0 Å². The zero-order valence-electron chi connectivity index (χ0n) is 13.7. The molecule has 0 aliphatic carbocycles. The molecule has 0 bridgehead atoms. The van der Waals surface area contributed by atoms with E-state index in [9.17, 15) is 0 Å². The lowest BCUT2D eigenvalue weighted by Crippen LogP contribution is -2.29. The molecular formula is C18H23N3O2. The Kier molecular flexibility index (Phi) is 5.10. The van der Waals surface area contributed by atoms with Crippen molar-refractivity contribution >= 4 is 5.69 Å². The summed E-state index contributed by atoms with van der Waals surface area (Å²) in [6.45, 7) is 4.53. The fourth-order valence-electron chi connectivity index (χ4n) is 2.79. The maximum absolute atomic E-state index is 5.30. The number of nitrogens with zero attached hydrogens (tertiary/aromatic N) is 2. The molecule has 1 aliphatic heterocycles. The van der Waals surface area contributed by atoms with Crippen LogP contribution in [0.1, 0.15) is 5.56 Å². The number of ether oxygens (including phenoxy) is 2. The summed E-state index contributed by atoms with van der Waals surface area (Å²) >= 11 is 0. The predicted octanol–water partition coefficient (Wildman–Crippen LogP) is 2.63. The van der Waals surface area contributed by atoms with Gasteiger partial charge in [-0.2, -0.15) is 0 Å². The Labute approximate surface area is 137 Å². The Morgan fingerprint density at radius 2 is 2.17 bits per heavy atom. The van der Waals surface area contributed by atoms with Crippen molar-refractivity contribution in [1.29, 1.82) is 0 Å². The first-order chi connectivity index (χ1) is 11.3. The largest absolute Gasteiger partial charge is 0.497 e. The molecule has 0 radical (unpaired) electrons. The molecule has 3 rings (SSSR count). The number of fused-ring (bicyclic) bond motifs is 1. The number of hydrogen-bond donors (Lipinski definition) is 1. The summed E-state index contributed by atoms with van der Waals surface area (Å²) in [4.78, 5) is 7.02. The zero-order valence-corrected chi connectivity index (χ0v) is 13.7. The number of hydrogen-bond acceptors (Lipinski definition) is 5. The molecule has 0 saturated carbocycles. The van der Waals surface area contributed by atoms with Crippen LogP contribution in [-0.2, 0) is 11.3 Å². The molecule has 1 aliphatic rings. The molecule has 1 aromatic carbocycles. The minimum absolute atomic E-state index is 0.755. The molecule has 2 heterocycles. The van der Waals surface area contributed by atoms with Crippen LogP contribution in [0.4, 0.5) is 5.69 Å². The molecule has 0 saturated heterocycles. The molecule has 1 N–H and O–H groups in total. The fraction of sp³-hybridized carbons (Fsp3) is 0.389. The first-order valence-electron chi connectivity index (χ1n) is 7.88. The summed E-state index contributed by atoms with van der Waals surface area (Å²) in [5.74, 6) is 0.845. The molecule has 2 aromatic rings. The molecular weight excluding hydrogens is 290 g/mol. The minimum Gasteiger partial charge on any atom is -0.497 e. The van der Waals surface area contributed by atoms with Crippen molar-refractivity contribution in [1.82, 2.24) is 9.88 Å². The van der Waals surface area contributed by atoms with Gasteiger partial charge in [0.05, 0.1) is 19.4 Å². The summed E-state index contributed by atoms with van der Waals surface area (Å²) < 4.78 is 10.5. The van der Waals surface area contributed by atoms with Gasteiger partial charge in [0.15, 0.2) is 0 Å². The van der Waals surface area contributed by atoms with Gasteiger partial charge < -0.3 is 14.8 Å². The summed E-state index contributed by atoms with van der Waals surface area (Å²) in [6.07, 6.45) is 1.97. The van der Waals surface area contributed by atoms with Crippen LogP contribution in [0.25, 0.3) is 11.3 Å². The Morgan fingerprint density at radius 3 is 3.00 bits per heavy atom. The monoisotopic (exact) mass is 313 g/mol. The Morgan fingerprint density at radius 1 is 1.26 bits per heavy atom. The molecule has 5 heteroatoms. The first kappa shape index (κ1) is 15.8. The molecule has 0 unspecified atom stereocenters. The predicted molar refractivity (Wildman–Crippen MR) is 91.9 cm³/mol. The molecule has 0 atom stereocenters. The average Bonchev–Trinajstić information content (AvgIpc) is 2.81. The van der Waals surface area contributed by atoms with Crippen LogP contribution in [0.2, 0.25) is 0 Å². The Bertz CT molecular complexity index is 660. The summed E-state index contributed by atoms with van der Waals surface area (Å²) in [5, 5.41) is 3.52. The highest BCUT2D eigenvalue weighted by atomic mass is 16.5. The molecule has 1 aromatic heterocycles. The van der Waals surface area contributed by atoms with Crippen LogP contribution in [0.3, 0.4) is 0 Å². The molecule has 0 amide bonds. The van der Waals surface area contributed by atoms with Crippen LogP contribution in [-0.4, -0.2) is 50.3 Å². The quantitative estimate of drug-likeness (QED) is 0.919. The lowest BCUT2D eigenvalue weighted by molar-refractivity contribution is 0.147. The normalized spacial score (nSPS) is 14.7. The van der Waals surface area contributed by atoms with E-state index in [1.54, 1.807) is 14.2 Å². The van der Waals surface area contributed by atoms with E-state index >= 15 is 0 Å². The number of benzene rings is 1. The molecule has 23 heavy (non-hydrogen) atoms. The third-order valence-electron chi connectivity index (χ3n) is 4.10. The lowest BCUT2D eigenvalue weighted by atomic mass is 10.1. The summed E-state index contributed by atoms with van der Waals surface area (Å²) in [5.41, 5.74) is 4.41. The van der Waals surface area contributed by atoms with Gasteiger partial charge >= 0.3 is 0 Å². The number of methoxy groups -OCH3 is 2. The van der Waals surface area contributed by atoms with Gasteiger partial charge in [0.2, 0.25) is 0 Å². The van der Waals surface area contributed by atoms with E-state index in [4.69, 9.17) is 9.47 Å². The first-order valence-corrected chi connectivity index (χ1v) is 7.88. The third kappa shape index (κ3) is 3.81. The van der Waals surface area contributed by atoms with Gasteiger partial charge in [-0.05, 0) is 18.2 Å². The van der Waals surface area contributed by atoms with Crippen molar-refractivity contribution in [2.24, 2.45) is 0 Å². The van der Waals surface area contributed by atoms with Crippen LogP contribution in [0.5, 0.6) is 5.75 Å². The van der Waals surface area contributed by atoms with Crippen molar-refractivity contribution in [3.8, 4) is 17.0 Å². The second-order valence-electron chi connectivity index (χ2n) is 5.65. The third-order valence-corrected chi connectivity index (χ3v) is 4.10. The SMILES string of the molecule is COCCN1CCNc2cc(-c3cccc(OC)c3)ncc2C1. The highest BCUT2D eigenvalue weighted by Gasteiger charge is 2.15. The van der Waals surface area contributed by atoms with E-state index < -0.39 is 0 Å². The van der Waals surface area contributed by atoms with Crippen molar-refractivity contribution < 1.29 is 9.47 Å². The Balaban J connectivity index is 1.83.